The molecule has 0 unspecified atom stereocenters. The average Bonchev–Trinajstić information content (AvgIpc) is 3.08. The fourth-order valence-electron chi connectivity index (χ4n) is 1.76. The number of hydrogen-bond donors (Lipinski definition) is 1. The smallest absolute Gasteiger partial charge is 0.338 e. The van der Waals surface area contributed by atoms with E-state index in [1.165, 1.54) is 0 Å². The van der Waals surface area contributed by atoms with Crippen LogP contribution < -0.4 is 5.32 Å². The number of benzene rings is 1. The Morgan fingerprint density at radius 3 is 2.10 bits per heavy atom. The topological polar surface area (TPSA) is 29.1 Å². The number of nitrogens with one attached hydrogen (secondary N) is 1. The van der Waals surface area contributed by atoms with Gasteiger partial charge in [-0.1, -0.05) is 0 Å². The fourth-order valence-corrected chi connectivity index (χ4v) is 1.76. The van der Waals surface area contributed by atoms with Crippen molar-refractivity contribution in [1.29, 1.82) is 0 Å². The van der Waals surface area contributed by atoms with E-state index in [0.717, 1.165) is 0 Å². The number of carbonyl (C=O) groups is 1. The SMILES string of the molecule is O=C(NC1(C(F)(F)F)CC1)c1cc(C(F)(F)F)ccc1F. The summed E-state index contributed by atoms with van der Waals surface area (Å²) in [5.74, 6) is -2.84. The highest BCUT2D eigenvalue weighted by Crippen LogP contribution is 2.49. The van der Waals surface area contributed by atoms with Gasteiger partial charge in [0.05, 0.1) is 11.1 Å². The zero-order chi connectivity index (χ0) is 16.1. The van der Waals surface area contributed by atoms with E-state index < -0.39 is 40.7 Å². The molecule has 21 heavy (non-hydrogen) atoms. The van der Waals surface area contributed by atoms with Crippen molar-refractivity contribution >= 4 is 5.91 Å². The van der Waals surface area contributed by atoms with E-state index in [1.54, 1.807) is 5.32 Å². The normalized spacial score (nSPS) is 17.5. The van der Waals surface area contributed by atoms with Crippen LogP contribution in [0.3, 0.4) is 0 Å². The number of carbonyl (C=O) groups excluding carboxylic acids is 1. The second-order valence-corrected chi connectivity index (χ2v) is 4.73. The first-order chi connectivity index (χ1) is 9.46. The van der Waals surface area contributed by atoms with E-state index in [4.69, 9.17) is 0 Å². The van der Waals surface area contributed by atoms with Crippen LogP contribution in [0.25, 0.3) is 0 Å². The molecule has 0 saturated heterocycles. The Morgan fingerprint density at radius 1 is 1.10 bits per heavy atom. The molecular formula is C12H8F7NO. The molecule has 0 radical (unpaired) electrons. The summed E-state index contributed by atoms with van der Waals surface area (Å²) in [6.45, 7) is 0. The molecular weight excluding hydrogens is 307 g/mol. The first kappa shape index (κ1) is 15.6. The van der Waals surface area contributed by atoms with Gasteiger partial charge in [0.2, 0.25) is 0 Å². The second kappa shape index (κ2) is 4.60. The molecule has 1 saturated carbocycles. The Balaban J connectivity index is 2.28. The third-order valence-corrected chi connectivity index (χ3v) is 3.18. The molecule has 1 aromatic rings. The number of rotatable bonds is 2. The van der Waals surface area contributed by atoms with Crippen molar-refractivity contribution < 1.29 is 35.5 Å². The molecule has 0 atom stereocenters. The van der Waals surface area contributed by atoms with E-state index in [9.17, 15) is 35.5 Å². The molecule has 116 valence electrons. The van der Waals surface area contributed by atoms with E-state index >= 15 is 0 Å². The highest BCUT2D eigenvalue weighted by Gasteiger charge is 2.64. The van der Waals surface area contributed by atoms with Gasteiger partial charge in [0.15, 0.2) is 0 Å². The van der Waals surface area contributed by atoms with Gasteiger partial charge in [-0.05, 0) is 31.0 Å². The highest BCUT2D eigenvalue weighted by molar-refractivity contribution is 5.95. The Hall–Kier alpha value is -1.80. The lowest BCUT2D eigenvalue weighted by Gasteiger charge is -2.21. The Kier molecular flexibility index (Phi) is 3.42. The third kappa shape index (κ3) is 2.96. The second-order valence-electron chi connectivity index (χ2n) is 4.73. The minimum atomic E-state index is -4.83. The summed E-state index contributed by atoms with van der Waals surface area (Å²) in [6, 6.07) is 0.991. The summed E-state index contributed by atoms with van der Waals surface area (Å²) in [5, 5.41) is 1.57. The van der Waals surface area contributed by atoms with E-state index in [0.29, 0.717) is 12.1 Å². The molecule has 1 aliphatic rings. The van der Waals surface area contributed by atoms with Gasteiger partial charge in [-0.2, -0.15) is 26.3 Å². The fraction of sp³-hybridized carbons (Fsp3) is 0.417. The molecule has 2 rings (SSSR count). The molecule has 1 N–H and O–H groups in total. The molecule has 0 heterocycles. The molecule has 1 amide bonds. The van der Waals surface area contributed by atoms with Crippen molar-refractivity contribution in [3.8, 4) is 0 Å². The van der Waals surface area contributed by atoms with Gasteiger partial charge in [0.1, 0.15) is 11.4 Å². The number of halogens is 7. The lowest BCUT2D eigenvalue weighted by molar-refractivity contribution is -0.163. The first-order valence-electron chi connectivity index (χ1n) is 5.72. The van der Waals surface area contributed by atoms with Crippen molar-refractivity contribution in [2.24, 2.45) is 0 Å². The first-order valence-corrected chi connectivity index (χ1v) is 5.72. The van der Waals surface area contributed by atoms with Crippen LogP contribution in [0.4, 0.5) is 30.7 Å². The van der Waals surface area contributed by atoms with Gasteiger partial charge < -0.3 is 5.32 Å². The average molecular weight is 315 g/mol. The quantitative estimate of drug-likeness (QED) is 0.829. The molecule has 0 bridgehead atoms. The predicted molar refractivity (Wildman–Crippen MR) is 56.9 cm³/mol. The van der Waals surface area contributed by atoms with Crippen LogP contribution in [-0.2, 0) is 6.18 Å². The standard InChI is InChI=1S/C12H8F7NO/c13-8-2-1-6(11(14,15)16)5-7(8)9(21)20-10(3-4-10)12(17,18)19/h1-2,5H,3-4H2,(H,20,21). The van der Waals surface area contributed by atoms with Crippen LogP contribution in [0.2, 0.25) is 0 Å². The molecule has 0 aliphatic heterocycles. The molecule has 0 aromatic heterocycles. The van der Waals surface area contributed by atoms with E-state index in [-0.39, 0.29) is 18.9 Å². The van der Waals surface area contributed by atoms with Crippen LogP contribution >= 0.6 is 0 Å². The summed E-state index contributed by atoms with van der Waals surface area (Å²) in [4.78, 5) is 11.6. The maximum absolute atomic E-state index is 13.4. The van der Waals surface area contributed by atoms with Crippen LogP contribution in [0.15, 0.2) is 18.2 Å². The monoisotopic (exact) mass is 315 g/mol. The van der Waals surface area contributed by atoms with Gasteiger partial charge in [-0.3, -0.25) is 4.79 Å². The zero-order valence-electron chi connectivity index (χ0n) is 10.2. The zero-order valence-corrected chi connectivity index (χ0v) is 10.2. The summed E-state index contributed by atoms with van der Waals surface area (Å²) >= 11 is 0. The molecule has 1 fully saturated rings. The van der Waals surface area contributed by atoms with Crippen molar-refractivity contribution in [3.63, 3.8) is 0 Å². The largest absolute Gasteiger partial charge is 0.416 e. The molecule has 1 aliphatic carbocycles. The minimum absolute atomic E-state index is 0.192. The maximum atomic E-state index is 13.4. The number of amides is 1. The lowest BCUT2D eigenvalue weighted by Crippen LogP contribution is -2.48. The summed E-state index contributed by atoms with van der Waals surface area (Å²) in [6.07, 6.45) is -10.3. The Morgan fingerprint density at radius 2 is 1.67 bits per heavy atom. The molecule has 2 nitrogen and oxygen atoms in total. The summed E-state index contributed by atoms with van der Waals surface area (Å²) in [7, 11) is 0. The third-order valence-electron chi connectivity index (χ3n) is 3.18. The van der Waals surface area contributed by atoms with Gasteiger partial charge in [-0.25, -0.2) is 4.39 Å². The number of hydrogen-bond acceptors (Lipinski definition) is 1. The van der Waals surface area contributed by atoms with E-state index in [2.05, 4.69) is 0 Å². The minimum Gasteiger partial charge on any atom is -0.338 e. The van der Waals surface area contributed by atoms with Gasteiger partial charge in [-0.15, -0.1) is 0 Å². The maximum Gasteiger partial charge on any atom is 0.416 e. The van der Waals surface area contributed by atoms with Crippen LogP contribution in [0.5, 0.6) is 0 Å². The van der Waals surface area contributed by atoms with Gasteiger partial charge >= 0.3 is 12.4 Å². The molecule has 1 aromatic carbocycles. The Labute approximate surface area is 113 Å². The molecule has 9 heteroatoms. The lowest BCUT2D eigenvalue weighted by atomic mass is 10.1. The van der Waals surface area contributed by atoms with E-state index in [1.807, 2.05) is 0 Å². The Bertz CT molecular complexity index is 572. The summed E-state index contributed by atoms with van der Waals surface area (Å²) < 4.78 is 88.8. The van der Waals surface area contributed by atoms with Crippen molar-refractivity contribution in [2.75, 3.05) is 0 Å². The predicted octanol–water partition coefficient (Wildman–Crippen LogP) is 3.67. The van der Waals surface area contributed by atoms with Crippen LogP contribution in [0, 0.1) is 5.82 Å². The van der Waals surface area contributed by atoms with Crippen LogP contribution in [0.1, 0.15) is 28.8 Å². The van der Waals surface area contributed by atoms with Crippen LogP contribution in [-0.4, -0.2) is 17.6 Å². The van der Waals surface area contributed by atoms with Gasteiger partial charge in [0.25, 0.3) is 5.91 Å². The van der Waals surface area contributed by atoms with Crippen molar-refractivity contribution in [1.82, 2.24) is 5.32 Å². The molecule has 0 spiro atoms. The highest BCUT2D eigenvalue weighted by atomic mass is 19.4. The van der Waals surface area contributed by atoms with Gasteiger partial charge in [0, 0.05) is 0 Å². The number of alkyl halides is 6. The van der Waals surface area contributed by atoms with Crippen molar-refractivity contribution in [2.45, 2.75) is 30.7 Å². The van der Waals surface area contributed by atoms with Crippen molar-refractivity contribution in [3.05, 3.63) is 35.1 Å². The summed E-state index contributed by atoms with van der Waals surface area (Å²) in [5.41, 5.74) is -4.85.